The number of aliphatic imine (C=N–C) groups is 1. The predicted octanol–water partition coefficient (Wildman–Crippen LogP) is 2.50. The van der Waals surface area contributed by atoms with Gasteiger partial charge < -0.3 is 10.6 Å². The molecule has 0 aliphatic rings. The van der Waals surface area contributed by atoms with E-state index in [4.69, 9.17) is 0 Å². The molecule has 0 aromatic heterocycles. The van der Waals surface area contributed by atoms with Crippen molar-refractivity contribution >= 4 is 5.96 Å². The van der Waals surface area contributed by atoms with Crippen LogP contribution in [0.3, 0.4) is 0 Å². The topological polar surface area (TPSA) is 36.4 Å². The van der Waals surface area contributed by atoms with E-state index in [0.29, 0.717) is 13.1 Å². The number of hydrogen-bond donors (Lipinski definition) is 2. The van der Waals surface area contributed by atoms with Crippen molar-refractivity contribution in [2.24, 2.45) is 4.99 Å². The Bertz CT molecular complexity index is 416. The average Bonchev–Trinajstić information content (AvgIpc) is 2.41. The van der Waals surface area contributed by atoms with Crippen molar-refractivity contribution in [2.75, 3.05) is 19.6 Å². The second-order valence-corrected chi connectivity index (χ2v) is 4.16. The van der Waals surface area contributed by atoms with Crippen molar-refractivity contribution < 1.29 is 4.39 Å². The first kappa shape index (κ1) is 15.2. The standard InChI is InChI=1S/C15H22FN3/c1-3-10-18-15(17-4-2)19-11-6-8-13-7-5-9-14(16)12-13/h3,5,7,9,12H,1,4,6,8,10-11H2,2H3,(H2,17,18,19). The highest BCUT2D eigenvalue weighted by Gasteiger charge is 1.97. The Balaban J connectivity index is 2.35. The molecule has 19 heavy (non-hydrogen) atoms. The lowest BCUT2D eigenvalue weighted by molar-refractivity contribution is 0.624. The summed E-state index contributed by atoms with van der Waals surface area (Å²) in [6.45, 7) is 7.91. The van der Waals surface area contributed by atoms with E-state index >= 15 is 0 Å². The van der Waals surface area contributed by atoms with E-state index in [1.165, 1.54) is 6.07 Å². The number of nitrogens with zero attached hydrogens (tertiary/aromatic N) is 1. The number of aryl methyl sites for hydroxylation is 1. The molecule has 0 saturated heterocycles. The van der Waals surface area contributed by atoms with Gasteiger partial charge >= 0.3 is 0 Å². The minimum absolute atomic E-state index is 0.179. The lowest BCUT2D eigenvalue weighted by atomic mass is 10.1. The zero-order valence-corrected chi connectivity index (χ0v) is 11.5. The van der Waals surface area contributed by atoms with Crippen molar-refractivity contribution in [1.29, 1.82) is 0 Å². The van der Waals surface area contributed by atoms with Crippen molar-refractivity contribution in [3.63, 3.8) is 0 Å². The third-order valence-corrected chi connectivity index (χ3v) is 2.54. The fourth-order valence-electron chi connectivity index (χ4n) is 1.68. The van der Waals surface area contributed by atoms with E-state index in [9.17, 15) is 4.39 Å². The summed E-state index contributed by atoms with van der Waals surface area (Å²) in [6, 6.07) is 6.71. The molecule has 104 valence electrons. The monoisotopic (exact) mass is 263 g/mol. The van der Waals surface area contributed by atoms with E-state index in [-0.39, 0.29) is 5.82 Å². The van der Waals surface area contributed by atoms with Gasteiger partial charge in [0.05, 0.1) is 0 Å². The third-order valence-electron chi connectivity index (χ3n) is 2.54. The summed E-state index contributed by atoms with van der Waals surface area (Å²) in [5, 5.41) is 6.30. The predicted molar refractivity (Wildman–Crippen MR) is 78.9 cm³/mol. The van der Waals surface area contributed by atoms with Crippen LogP contribution >= 0.6 is 0 Å². The van der Waals surface area contributed by atoms with E-state index in [1.54, 1.807) is 18.2 Å². The molecule has 0 bridgehead atoms. The minimum atomic E-state index is -0.179. The fourth-order valence-corrected chi connectivity index (χ4v) is 1.68. The fraction of sp³-hybridized carbons (Fsp3) is 0.400. The number of rotatable bonds is 7. The van der Waals surface area contributed by atoms with Crippen LogP contribution in [-0.4, -0.2) is 25.6 Å². The molecule has 3 nitrogen and oxygen atoms in total. The molecule has 0 aliphatic carbocycles. The maximum Gasteiger partial charge on any atom is 0.191 e. The quantitative estimate of drug-likeness (QED) is 0.343. The van der Waals surface area contributed by atoms with Crippen LogP contribution in [0.15, 0.2) is 41.9 Å². The summed E-state index contributed by atoms with van der Waals surface area (Å²) in [4.78, 5) is 4.44. The van der Waals surface area contributed by atoms with Gasteiger partial charge in [-0.3, -0.25) is 4.99 Å². The summed E-state index contributed by atoms with van der Waals surface area (Å²) in [5.74, 6) is 0.614. The van der Waals surface area contributed by atoms with Gasteiger partial charge in [-0.2, -0.15) is 0 Å². The number of guanidine groups is 1. The van der Waals surface area contributed by atoms with Crippen molar-refractivity contribution in [2.45, 2.75) is 19.8 Å². The second-order valence-electron chi connectivity index (χ2n) is 4.16. The molecule has 0 saturated carbocycles. The van der Waals surface area contributed by atoms with E-state index in [0.717, 1.165) is 30.9 Å². The summed E-state index contributed by atoms with van der Waals surface area (Å²) in [6.07, 6.45) is 3.52. The number of nitrogens with one attached hydrogen (secondary N) is 2. The molecule has 0 radical (unpaired) electrons. The third kappa shape index (κ3) is 6.60. The molecule has 0 amide bonds. The zero-order valence-electron chi connectivity index (χ0n) is 11.5. The van der Waals surface area contributed by atoms with Gasteiger partial charge in [-0.25, -0.2) is 4.39 Å². The highest BCUT2D eigenvalue weighted by Crippen LogP contribution is 2.05. The average molecular weight is 263 g/mol. The largest absolute Gasteiger partial charge is 0.357 e. The molecule has 1 aromatic carbocycles. The van der Waals surface area contributed by atoms with E-state index in [2.05, 4.69) is 22.2 Å². The Morgan fingerprint density at radius 3 is 2.95 bits per heavy atom. The summed E-state index contributed by atoms with van der Waals surface area (Å²) in [7, 11) is 0. The van der Waals surface area contributed by atoms with Gasteiger partial charge in [0.15, 0.2) is 5.96 Å². The van der Waals surface area contributed by atoms with Crippen molar-refractivity contribution in [3.05, 3.63) is 48.3 Å². The molecular weight excluding hydrogens is 241 g/mol. The molecule has 0 fully saturated rings. The highest BCUT2D eigenvalue weighted by atomic mass is 19.1. The normalized spacial score (nSPS) is 11.2. The maximum atomic E-state index is 13.0. The van der Waals surface area contributed by atoms with Crippen LogP contribution in [-0.2, 0) is 6.42 Å². The Kier molecular flexibility index (Phi) is 7.32. The molecule has 0 atom stereocenters. The van der Waals surface area contributed by atoms with Crippen LogP contribution in [0.4, 0.5) is 4.39 Å². The second kappa shape index (κ2) is 9.14. The van der Waals surface area contributed by atoms with Crippen molar-refractivity contribution in [1.82, 2.24) is 10.6 Å². The van der Waals surface area contributed by atoms with Gasteiger partial charge in [-0.1, -0.05) is 18.2 Å². The molecule has 1 aromatic rings. The molecule has 4 heteroatoms. The first-order valence-electron chi connectivity index (χ1n) is 6.63. The Morgan fingerprint density at radius 2 is 2.26 bits per heavy atom. The van der Waals surface area contributed by atoms with Crippen LogP contribution in [0, 0.1) is 5.82 Å². The zero-order chi connectivity index (χ0) is 13.9. The molecule has 0 aliphatic heterocycles. The van der Waals surface area contributed by atoms with Crippen LogP contribution in [0.1, 0.15) is 18.9 Å². The summed E-state index contributed by atoms with van der Waals surface area (Å²) >= 11 is 0. The summed E-state index contributed by atoms with van der Waals surface area (Å²) < 4.78 is 13.0. The van der Waals surface area contributed by atoms with Gasteiger partial charge in [0.1, 0.15) is 5.82 Å². The van der Waals surface area contributed by atoms with Gasteiger partial charge in [-0.05, 0) is 37.5 Å². The van der Waals surface area contributed by atoms with Crippen LogP contribution in [0.25, 0.3) is 0 Å². The van der Waals surface area contributed by atoms with Gasteiger partial charge in [0, 0.05) is 19.6 Å². The Morgan fingerprint density at radius 1 is 1.42 bits per heavy atom. The van der Waals surface area contributed by atoms with E-state index < -0.39 is 0 Å². The molecule has 1 rings (SSSR count). The smallest absolute Gasteiger partial charge is 0.191 e. The van der Waals surface area contributed by atoms with Gasteiger partial charge in [0.25, 0.3) is 0 Å². The molecule has 0 unspecified atom stereocenters. The maximum absolute atomic E-state index is 13.0. The Hall–Kier alpha value is -1.84. The molecule has 2 N–H and O–H groups in total. The van der Waals surface area contributed by atoms with Crippen molar-refractivity contribution in [3.8, 4) is 0 Å². The van der Waals surface area contributed by atoms with Crippen LogP contribution < -0.4 is 10.6 Å². The number of hydrogen-bond acceptors (Lipinski definition) is 1. The van der Waals surface area contributed by atoms with Gasteiger partial charge in [-0.15, -0.1) is 6.58 Å². The van der Waals surface area contributed by atoms with Gasteiger partial charge in [0.2, 0.25) is 0 Å². The number of halogens is 1. The van der Waals surface area contributed by atoms with E-state index in [1.807, 2.05) is 13.0 Å². The molecule has 0 heterocycles. The SMILES string of the molecule is C=CCNC(=NCCCc1cccc(F)c1)NCC. The van der Waals surface area contributed by atoms with Crippen LogP contribution in [0.5, 0.6) is 0 Å². The Labute approximate surface area is 114 Å². The molecule has 0 spiro atoms. The lowest BCUT2D eigenvalue weighted by Crippen LogP contribution is -2.37. The lowest BCUT2D eigenvalue weighted by Gasteiger charge is -2.09. The molecular formula is C15H22FN3. The highest BCUT2D eigenvalue weighted by molar-refractivity contribution is 5.79. The minimum Gasteiger partial charge on any atom is -0.357 e. The summed E-state index contributed by atoms with van der Waals surface area (Å²) in [5.41, 5.74) is 1.01. The van der Waals surface area contributed by atoms with Crippen LogP contribution in [0.2, 0.25) is 0 Å². The first-order valence-corrected chi connectivity index (χ1v) is 6.63. The number of benzene rings is 1. The first-order chi connectivity index (χ1) is 9.26.